The van der Waals surface area contributed by atoms with Crippen LogP contribution >= 0.6 is 12.0 Å². The average Bonchev–Trinajstić information content (AvgIpc) is 2.19. The van der Waals surface area contributed by atoms with E-state index in [9.17, 15) is 8.76 Å². The lowest BCUT2D eigenvalue weighted by molar-refractivity contribution is 0.493. The zero-order valence-electron chi connectivity index (χ0n) is 7.43. The molecule has 0 aliphatic heterocycles. The van der Waals surface area contributed by atoms with Gasteiger partial charge in [0.1, 0.15) is 0 Å². The number of hydrogen-bond acceptors (Lipinski definition) is 4. The van der Waals surface area contributed by atoms with Crippen LogP contribution in [0.1, 0.15) is 0 Å². The van der Waals surface area contributed by atoms with Crippen molar-refractivity contribution in [2.45, 2.75) is 4.90 Å². The van der Waals surface area contributed by atoms with Crippen molar-refractivity contribution in [1.29, 1.82) is 0 Å². The molecule has 1 aromatic rings. The first kappa shape index (κ1) is 12.6. The molecule has 1 atom stereocenters. The fraction of sp³-hybridized carbons (Fsp3) is 0.250. The van der Waals surface area contributed by atoms with Gasteiger partial charge in [-0.05, 0) is 35.3 Å². The third-order valence-electron chi connectivity index (χ3n) is 1.10. The minimum absolute atomic E-state index is 0.331. The third kappa shape index (κ3) is 6.77. The lowest BCUT2D eigenvalue weighted by Gasteiger charge is -2.01. The Kier molecular flexibility index (Phi) is 8.02. The molecule has 1 rings (SSSR count). The molecular weight excluding hydrogens is 208 g/mol. The predicted molar refractivity (Wildman–Crippen MR) is 54.2 cm³/mol. The fourth-order valence-electron chi connectivity index (χ4n) is 0.532. The van der Waals surface area contributed by atoms with E-state index in [2.05, 4.69) is 4.18 Å². The standard InChI is InChI=1S/C6H6O2S.C2H6OS/c7-9(8)6-4-2-1-3-5-6;1-3-4-2/h1-5H,(H,7,8);1-2H3/p-1. The summed E-state index contributed by atoms with van der Waals surface area (Å²) in [6.45, 7) is 0. The second-order valence-electron chi connectivity index (χ2n) is 1.88. The average molecular weight is 219 g/mol. The molecule has 0 spiro atoms. The van der Waals surface area contributed by atoms with Gasteiger partial charge in [-0.3, -0.25) is 4.21 Å². The predicted octanol–water partition coefficient (Wildman–Crippen LogP) is 1.84. The van der Waals surface area contributed by atoms with Gasteiger partial charge >= 0.3 is 0 Å². The molecule has 0 saturated carbocycles. The van der Waals surface area contributed by atoms with Crippen LogP contribution in [0.4, 0.5) is 0 Å². The van der Waals surface area contributed by atoms with E-state index in [-0.39, 0.29) is 0 Å². The second kappa shape index (κ2) is 8.25. The van der Waals surface area contributed by atoms with Crippen molar-refractivity contribution in [3.05, 3.63) is 30.3 Å². The number of rotatable bonds is 2. The van der Waals surface area contributed by atoms with Crippen LogP contribution in [-0.2, 0) is 15.3 Å². The minimum Gasteiger partial charge on any atom is -0.768 e. The molecule has 0 heterocycles. The van der Waals surface area contributed by atoms with Crippen molar-refractivity contribution in [3.63, 3.8) is 0 Å². The first-order valence-corrected chi connectivity index (χ1v) is 5.66. The summed E-state index contributed by atoms with van der Waals surface area (Å²) in [6, 6.07) is 8.23. The van der Waals surface area contributed by atoms with E-state index in [1.165, 1.54) is 12.0 Å². The molecule has 0 aliphatic rings. The van der Waals surface area contributed by atoms with Gasteiger partial charge in [-0.2, -0.15) is 0 Å². The zero-order chi connectivity index (χ0) is 10.1. The van der Waals surface area contributed by atoms with Gasteiger partial charge < -0.3 is 8.74 Å². The molecule has 0 aliphatic carbocycles. The monoisotopic (exact) mass is 219 g/mol. The molecule has 5 heteroatoms. The molecule has 1 unspecified atom stereocenters. The lowest BCUT2D eigenvalue weighted by atomic mass is 10.4. The van der Waals surface area contributed by atoms with Crippen LogP contribution in [0.2, 0.25) is 0 Å². The Labute approximate surface area is 85.0 Å². The normalized spacial score (nSPS) is 11.3. The van der Waals surface area contributed by atoms with Crippen molar-refractivity contribution in [3.8, 4) is 0 Å². The van der Waals surface area contributed by atoms with Crippen LogP contribution in [0.25, 0.3) is 0 Å². The summed E-state index contributed by atoms with van der Waals surface area (Å²) in [4.78, 5) is 0.331. The summed E-state index contributed by atoms with van der Waals surface area (Å²) in [5.74, 6) is 0. The Morgan fingerprint density at radius 2 is 1.85 bits per heavy atom. The minimum atomic E-state index is -2.08. The topological polar surface area (TPSA) is 49.4 Å². The Balaban J connectivity index is 0.000000310. The summed E-state index contributed by atoms with van der Waals surface area (Å²) in [5.41, 5.74) is 0. The van der Waals surface area contributed by atoms with Crippen LogP contribution in [0.3, 0.4) is 0 Å². The van der Waals surface area contributed by atoms with E-state index >= 15 is 0 Å². The van der Waals surface area contributed by atoms with E-state index in [1.807, 2.05) is 6.26 Å². The lowest BCUT2D eigenvalue weighted by Crippen LogP contribution is -1.85. The molecule has 0 aromatic heterocycles. The van der Waals surface area contributed by atoms with Crippen LogP contribution in [0, 0.1) is 0 Å². The van der Waals surface area contributed by atoms with Crippen LogP contribution in [0.15, 0.2) is 35.2 Å². The Bertz CT molecular complexity index is 236. The van der Waals surface area contributed by atoms with Gasteiger partial charge in [0.15, 0.2) is 0 Å². The van der Waals surface area contributed by atoms with Gasteiger partial charge in [0.25, 0.3) is 0 Å². The van der Waals surface area contributed by atoms with E-state index in [4.69, 9.17) is 0 Å². The quantitative estimate of drug-likeness (QED) is 0.562. The van der Waals surface area contributed by atoms with Gasteiger partial charge in [-0.1, -0.05) is 18.2 Å². The Morgan fingerprint density at radius 1 is 1.38 bits per heavy atom. The highest BCUT2D eigenvalue weighted by Crippen LogP contribution is 2.00. The summed E-state index contributed by atoms with van der Waals surface area (Å²) in [6.07, 6.45) is 1.88. The summed E-state index contributed by atoms with van der Waals surface area (Å²) < 4.78 is 24.9. The van der Waals surface area contributed by atoms with E-state index in [1.54, 1.807) is 37.4 Å². The molecule has 13 heavy (non-hydrogen) atoms. The molecule has 0 fully saturated rings. The largest absolute Gasteiger partial charge is 0.768 e. The second-order valence-corrected chi connectivity index (χ2v) is 3.49. The molecule has 0 saturated heterocycles. The molecule has 0 N–H and O–H groups in total. The number of benzene rings is 1. The van der Waals surface area contributed by atoms with Crippen LogP contribution in [-0.4, -0.2) is 22.1 Å². The highest BCUT2D eigenvalue weighted by molar-refractivity contribution is 7.93. The maximum atomic E-state index is 10.2. The maximum absolute atomic E-state index is 10.2. The summed E-state index contributed by atoms with van der Waals surface area (Å²) >= 11 is -0.722. The van der Waals surface area contributed by atoms with Gasteiger partial charge in [0.2, 0.25) is 0 Å². The van der Waals surface area contributed by atoms with Crippen molar-refractivity contribution >= 4 is 23.1 Å². The van der Waals surface area contributed by atoms with Crippen LogP contribution in [0.5, 0.6) is 0 Å². The molecular formula is C8H11O3S2-. The van der Waals surface area contributed by atoms with Crippen LogP contribution < -0.4 is 0 Å². The fourth-order valence-corrected chi connectivity index (χ4v) is 0.911. The molecule has 0 radical (unpaired) electrons. The smallest absolute Gasteiger partial charge is 0.0503 e. The van der Waals surface area contributed by atoms with E-state index < -0.39 is 11.1 Å². The van der Waals surface area contributed by atoms with Gasteiger partial charge in [-0.25, -0.2) is 0 Å². The molecule has 0 bridgehead atoms. The molecule has 74 valence electrons. The summed E-state index contributed by atoms with van der Waals surface area (Å²) in [5, 5.41) is 0. The zero-order valence-corrected chi connectivity index (χ0v) is 9.06. The maximum Gasteiger partial charge on any atom is 0.0503 e. The van der Waals surface area contributed by atoms with Crippen molar-refractivity contribution in [2.24, 2.45) is 0 Å². The third-order valence-corrected chi connectivity index (χ3v) is 2.09. The van der Waals surface area contributed by atoms with Crippen molar-refractivity contribution < 1.29 is 12.9 Å². The van der Waals surface area contributed by atoms with E-state index in [0.29, 0.717) is 4.90 Å². The molecule has 3 nitrogen and oxygen atoms in total. The Hall–Kier alpha value is -0.360. The summed E-state index contributed by atoms with van der Waals surface area (Å²) in [7, 11) is 1.64. The van der Waals surface area contributed by atoms with Gasteiger partial charge in [-0.15, -0.1) is 0 Å². The first-order valence-electron chi connectivity index (χ1n) is 3.43. The van der Waals surface area contributed by atoms with Gasteiger partial charge in [0, 0.05) is 11.2 Å². The van der Waals surface area contributed by atoms with E-state index in [0.717, 1.165) is 0 Å². The highest BCUT2D eigenvalue weighted by atomic mass is 32.2. The van der Waals surface area contributed by atoms with Gasteiger partial charge in [0.05, 0.1) is 7.11 Å². The first-order chi connectivity index (χ1) is 6.22. The van der Waals surface area contributed by atoms with Crippen molar-refractivity contribution in [2.75, 3.05) is 13.4 Å². The molecule has 0 amide bonds. The van der Waals surface area contributed by atoms with Crippen molar-refractivity contribution in [1.82, 2.24) is 0 Å². The Morgan fingerprint density at radius 3 is 2.08 bits per heavy atom. The number of hydrogen-bond donors (Lipinski definition) is 0. The highest BCUT2D eigenvalue weighted by Gasteiger charge is 1.84. The SMILES string of the molecule is COSC.O=S([O-])c1ccccc1. The molecule has 1 aromatic carbocycles.